The lowest BCUT2D eigenvalue weighted by Crippen LogP contribution is -2.42. The topological polar surface area (TPSA) is 92.2 Å². The third-order valence-corrected chi connectivity index (χ3v) is 4.58. The number of rotatable bonds is 8. The van der Waals surface area contributed by atoms with Crippen LogP contribution in [0, 0.1) is 6.92 Å². The van der Waals surface area contributed by atoms with Gasteiger partial charge in [-0.05, 0) is 51.0 Å². The van der Waals surface area contributed by atoms with Crippen molar-refractivity contribution in [3.05, 3.63) is 47.8 Å². The minimum atomic E-state index is -1.17. The Morgan fingerprint density at radius 1 is 1.33 bits per heavy atom. The first kappa shape index (κ1) is 19.5. The van der Waals surface area contributed by atoms with E-state index in [1.54, 1.807) is 19.3 Å². The smallest absolute Gasteiger partial charge is 0.191 e. The van der Waals surface area contributed by atoms with Crippen molar-refractivity contribution in [3.8, 4) is 0 Å². The fourth-order valence-electron chi connectivity index (χ4n) is 2.98. The molecule has 2 unspecified atom stereocenters. The molecular weight excluding hydrogens is 346 g/mol. The number of guanidine groups is 1. The summed E-state index contributed by atoms with van der Waals surface area (Å²) in [6.07, 6.45) is 4.77. The van der Waals surface area contributed by atoms with E-state index in [0.29, 0.717) is 24.8 Å². The minimum Gasteiger partial charge on any atom is -0.469 e. The molecule has 7 nitrogen and oxygen atoms in total. The second kappa shape index (κ2) is 9.10. The van der Waals surface area contributed by atoms with Crippen molar-refractivity contribution in [3.63, 3.8) is 0 Å². The maximum absolute atomic E-state index is 10.7. The third-order valence-electron chi connectivity index (χ3n) is 4.58. The molecule has 0 bridgehead atoms. The van der Waals surface area contributed by atoms with Crippen molar-refractivity contribution in [2.24, 2.45) is 4.99 Å². The second-order valence-corrected chi connectivity index (χ2v) is 7.12. The van der Waals surface area contributed by atoms with E-state index < -0.39 is 5.60 Å². The van der Waals surface area contributed by atoms with Gasteiger partial charge in [-0.3, -0.25) is 0 Å². The van der Waals surface area contributed by atoms with E-state index in [2.05, 4.69) is 15.6 Å². The Morgan fingerprint density at radius 2 is 2.22 bits per heavy atom. The quantitative estimate of drug-likeness (QED) is 0.485. The standard InChI is InChI=1S/C20H29N3O4/c1-15-7-8-18(27-15)20(2,24)14-23-19(22-13-17-6-4-12-26-17)21-10-9-16-5-3-11-25-16/h3,5,7-8,11,17,24H,4,6,9-10,12-14H2,1-2H3,(H2,21,22,23). The van der Waals surface area contributed by atoms with Gasteiger partial charge >= 0.3 is 0 Å². The number of ether oxygens (including phenoxy) is 1. The zero-order valence-corrected chi connectivity index (χ0v) is 16.0. The molecule has 7 heteroatoms. The van der Waals surface area contributed by atoms with Crippen LogP contribution in [0.15, 0.2) is 44.4 Å². The number of nitrogens with zero attached hydrogens (tertiary/aromatic N) is 1. The van der Waals surface area contributed by atoms with Crippen molar-refractivity contribution >= 4 is 5.96 Å². The number of hydrogen-bond donors (Lipinski definition) is 3. The lowest BCUT2D eigenvalue weighted by molar-refractivity contribution is 0.0428. The Balaban J connectivity index is 1.58. The highest BCUT2D eigenvalue weighted by Gasteiger charge is 2.27. The number of hydrogen-bond acceptors (Lipinski definition) is 5. The number of aryl methyl sites for hydroxylation is 1. The van der Waals surface area contributed by atoms with Crippen molar-refractivity contribution < 1.29 is 18.7 Å². The Kier molecular flexibility index (Phi) is 6.58. The first-order chi connectivity index (χ1) is 13.0. The fourth-order valence-corrected chi connectivity index (χ4v) is 2.98. The average molecular weight is 375 g/mol. The number of aliphatic imine (C=N–C) groups is 1. The molecule has 27 heavy (non-hydrogen) atoms. The summed E-state index contributed by atoms with van der Waals surface area (Å²) in [6.45, 7) is 5.92. The molecule has 2 aromatic heterocycles. The summed E-state index contributed by atoms with van der Waals surface area (Å²) < 4.78 is 16.6. The summed E-state index contributed by atoms with van der Waals surface area (Å²) in [5.74, 6) is 2.83. The molecule has 0 radical (unpaired) electrons. The van der Waals surface area contributed by atoms with E-state index in [0.717, 1.165) is 37.4 Å². The van der Waals surface area contributed by atoms with Gasteiger partial charge in [0.05, 0.1) is 18.9 Å². The van der Waals surface area contributed by atoms with Crippen LogP contribution in [0.25, 0.3) is 0 Å². The summed E-state index contributed by atoms with van der Waals surface area (Å²) in [5, 5.41) is 17.3. The summed E-state index contributed by atoms with van der Waals surface area (Å²) in [7, 11) is 0. The molecule has 0 amide bonds. The Bertz CT molecular complexity index is 715. The first-order valence-electron chi connectivity index (χ1n) is 9.48. The van der Waals surface area contributed by atoms with Gasteiger partial charge in [-0.1, -0.05) is 0 Å². The van der Waals surface area contributed by atoms with Crippen LogP contribution < -0.4 is 10.6 Å². The monoisotopic (exact) mass is 375 g/mol. The van der Waals surface area contributed by atoms with Crippen LogP contribution >= 0.6 is 0 Å². The molecule has 3 N–H and O–H groups in total. The van der Waals surface area contributed by atoms with Gasteiger partial charge in [0.25, 0.3) is 0 Å². The molecule has 3 rings (SSSR count). The second-order valence-electron chi connectivity index (χ2n) is 7.12. The number of furan rings is 2. The lowest BCUT2D eigenvalue weighted by Gasteiger charge is -2.20. The van der Waals surface area contributed by atoms with Gasteiger partial charge in [-0.25, -0.2) is 4.99 Å². The van der Waals surface area contributed by atoms with Crippen LogP contribution in [0.2, 0.25) is 0 Å². The predicted molar refractivity (Wildman–Crippen MR) is 103 cm³/mol. The highest BCUT2D eigenvalue weighted by Crippen LogP contribution is 2.23. The van der Waals surface area contributed by atoms with Crippen LogP contribution in [0.1, 0.15) is 37.0 Å². The van der Waals surface area contributed by atoms with Gasteiger partial charge in [-0.2, -0.15) is 0 Å². The molecular formula is C20H29N3O4. The van der Waals surface area contributed by atoms with Gasteiger partial charge in [0, 0.05) is 26.1 Å². The van der Waals surface area contributed by atoms with Crippen LogP contribution in [0.5, 0.6) is 0 Å². The van der Waals surface area contributed by atoms with Gasteiger partial charge in [0.15, 0.2) is 5.96 Å². The molecule has 2 aromatic rings. The van der Waals surface area contributed by atoms with Gasteiger partial charge < -0.3 is 29.3 Å². The maximum atomic E-state index is 10.7. The van der Waals surface area contributed by atoms with Crippen molar-refractivity contribution in [2.75, 3.05) is 26.2 Å². The molecule has 0 aromatic carbocycles. The van der Waals surface area contributed by atoms with Gasteiger partial charge in [0.1, 0.15) is 22.9 Å². The zero-order chi connectivity index (χ0) is 19.1. The minimum absolute atomic E-state index is 0.182. The van der Waals surface area contributed by atoms with Crippen LogP contribution in [-0.2, 0) is 16.8 Å². The van der Waals surface area contributed by atoms with Crippen molar-refractivity contribution in [2.45, 2.75) is 44.8 Å². The Hall–Kier alpha value is -2.25. The molecule has 148 valence electrons. The highest BCUT2D eigenvalue weighted by molar-refractivity contribution is 5.79. The van der Waals surface area contributed by atoms with Crippen LogP contribution in [0.4, 0.5) is 0 Å². The lowest BCUT2D eigenvalue weighted by atomic mass is 10.0. The predicted octanol–water partition coefficient (Wildman–Crippen LogP) is 2.35. The molecule has 1 aliphatic rings. The summed E-state index contributed by atoms with van der Waals surface area (Å²) in [6, 6.07) is 7.45. The number of nitrogens with one attached hydrogen (secondary N) is 2. The van der Waals surface area contributed by atoms with Crippen LogP contribution in [-0.4, -0.2) is 43.4 Å². The van der Waals surface area contributed by atoms with Gasteiger partial charge in [0.2, 0.25) is 0 Å². The molecule has 0 saturated carbocycles. The fraction of sp³-hybridized carbons (Fsp3) is 0.550. The molecule has 1 aliphatic heterocycles. The maximum Gasteiger partial charge on any atom is 0.191 e. The molecule has 3 heterocycles. The van der Waals surface area contributed by atoms with E-state index in [-0.39, 0.29) is 12.6 Å². The Labute approximate surface area is 159 Å². The third kappa shape index (κ3) is 5.87. The molecule has 0 spiro atoms. The van der Waals surface area contributed by atoms with E-state index in [1.165, 1.54) is 0 Å². The largest absolute Gasteiger partial charge is 0.469 e. The zero-order valence-electron chi connectivity index (χ0n) is 16.0. The number of aliphatic hydroxyl groups is 1. The summed E-state index contributed by atoms with van der Waals surface area (Å²) in [5.41, 5.74) is -1.17. The SMILES string of the molecule is Cc1ccc(C(C)(O)CN=C(NCCc2ccco2)NCC2CCCO2)o1. The molecule has 1 saturated heterocycles. The van der Waals surface area contributed by atoms with E-state index >= 15 is 0 Å². The molecule has 2 atom stereocenters. The first-order valence-corrected chi connectivity index (χ1v) is 9.48. The normalized spacial score (nSPS) is 19.8. The van der Waals surface area contributed by atoms with Crippen molar-refractivity contribution in [1.82, 2.24) is 10.6 Å². The van der Waals surface area contributed by atoms with E-state index in [1.807, 2.05) is 25.1 Å². The molecule has 0 aliphatic carbocycles. The summed E-state index contributed by atoms with van der Waals surface area (Å²) in [4.78, 5) is 4.56. The van der Waals surface area contributed by atoms with Crippen LogP contribution in [0.3, 0.4) is 0 Å². The molecule has 1 fully saturated rings. The van der Waals surface area contributed by atoms with E-state index in [9.17, 15) is 5.11 Å². The summed E-state index contributed by atoms with van der Waals surface area (Å²) >= 11 is 0. The average Bonchev–Trinajstić information content (AvgIpc) is 3.39. The van der Waals surface area contributed by atoms with Gasteiger partial charge in [-0.15, -0.1) is 0 Å². The van der Waals surface area contributed by atoms with E-state index in [4.69, 9.17) is 13.6 Å². The highest BCUT2D eigenvalue weighted by atomic mass is 16.5. The Morgan fingerprint density at radius 3 is 2.89 bits per heavy atom. The van der Waals surface area contributed by atoms with Crippen molar-refractivity contribution in [1.29, 1.82) is 0 Å².